The molecule has 0 N–H and O–H groups in total. The van der Waals surface area contributed by atoms with Gasteiger partial charge in [-0.1, -0.05) is 0 Å². The lowest BCUT2D eigenvalue weighted by Gasteiger charge is -2.36. The molecule has 2 aromatic heterocycles. The molecule has 1 saturated heterocycles. The number of nitrogens with zero attached hydrogens (tertiary/aromatic N) is 6. The van der Waals surface area contributed by atoms with Gasteiger partial charge in [-0.05, 0) is 69.3 Å². The van der Waals surface area contributed by atoms with Gasteiger partial charge in [-0.25, -0.2) is 4.68 Å². The summed E-state index contributed by atoms with van der Waals surface area (Å²) in [7, 11) is 0. The molecule has 0 aliphatic carbocycles. The molecule has 0 atom stereocenters. The highest BCUT2D eigenvalue weighted by atomic mass is 19.4. The predicted molar refractivity (Wildman–Crippen MR) is 165 cm³/mol. The zero-order chi connectivity index (χ0) is 32.1. The molecular formula is C33H35F3N6O3. The molecule has 2 amide bonds. The molecule has 1 aliphatic heterocycles. The van der Waals surface area contributed by atoms with Crippen LogP contribution in [0, 0.1) is 0 Å². The fourth-order valence-electron chi connectivity index (χ4n) is 5.32. The molecule has 12 heteroatoms. The molecule has 0 spiro atoms. The third-order valence-corrected chi connectivity index (χ3v) is 7.79. The van der Waals surface area contributed by atoms with Gasteiger partial charge in [0.1, 0.15) is 5.75 Å². The third-order valence-electron chi connectivity index (χ3n) is 7.79. The van der Waals surface area contributed by atoms with Gasteiger partial charge in [-0.15, -0.1) is 0 Å². The van der Waals surface area contributed by atoms with Crippen LogP contribution in [0.15, 0.2) is 73.3 Å². The molecule has 2 aromatic carbocycles. The largest absolute Gasteiger partial charge is 0.492 e. The summed E-state index contributed by atoms with van der Waals surface area (Å²) in [5.74, 6) is 0.0573. The summed E-state index contributed by atoms with van der Waals surface area (Å²) in [6.07, 6.45) is 1.66. The number of piperazine rings is 1. The Bertz CT molecular complexity index is 1640. The molecule has 1 fully saturated rings. The van der Waals surface area contributed by atoms with Crippen LogP contribution in [0.3, 0.4) is 0 Å². The second-order valence-electron chi connectivity index (χ2n) is 10.6. The molecule has 1 aliphatic rings. The van der Waals surface area contributed by atoms with Crippen molar-refractivity contribution in [1.82, 2.24) is 24.6 Å². The number of benzene rings is 2. The molecule has 0 bridgehead atoms. The van der Waals surface area contributed by atoms with Crippen molar-refractivity contribution in [2.45, 2.75) is 26.9 Å². The van der Waals surface area contributed by atoms with Gasteiger partial charge in [0.05, 0.1) is 30.3 Å². The number of pyridine rings is 1. The number of carbonyl (C=O) groups excluding carboxylic acids is 2. The van der Waals surface area contributed by atoms with Crippen LogP contribution in [-0.4, -0.2) is 82.3 Å². The molecule has 0 saturated carbocycles. The van der Waals surface area contributed by atoms with E-state index in [-0.39, 0.29) is 17.2 Å². The maximum atomic E-state index is 14.0. The SMILES string of the molecule is CCOc1cncc(-c2cnn(-c3cc(C(=O)N4CCN(c5ccc(C(=O)N(CC)CC)cc5)CC4)cc(C(F)(F)F)c3)c2)c1. The topological polar surface area (TPSA) is 83.8 Å². The fourth-order valence-corrected chi connectivity index (χ4v) is 5.32. The van der Waals surface area contributed by atoms with E-state index in [1.54, 1.807) is 46.6 Å². The monoisotopic (exact) mass is 620 g/mol. The molecule has 0 unspecified atom stereocenters. The van der Waals surface area contributed by atoms with E-state index >= 15 is 0 Å². The van der Waals surface area contributed by atoms with Gasteiger partial charge in [0.2, 0.25) is 0 Å². The van der Waals surface area contributed by atoms with Gasteiger partial charge in [0.15, 0.2) is 0 Å². The maximum absolute atomic E-state index is 14.0. The van der Waals surface area contributed by atoms with Crippen molar-refractivity contribution in [3.63, 3.8) is 0 Å². The first kappa shape index (κ1) is 31.6. The summed E-state index contributed by atoms with van der Waals surface area (Å²) >= 11 is 0. The van der Waals surface area contributed by atoms with Gasteiger partial charge in [-0.3, -0.25) is 14.6 Å². The summed E-state index contributed by atoms with van der Waals surface area (Å²) in [5.41, 5.74) is 1.97. The average Bonchev–Trinajstić information content (AvgIpc) is 3.56. The number of hydrogen-bond donors (Lipinski definition) is 0. The first-order chi connectivity index (χ1) is 21.6. The number of rotatable bonds is 9. The number of anilines is 1. The van der Waals surface area contributed by atoms with Gasteiger partial charge in [0, 0.05) is 79.6 Å². The molecular weight excluding hydrogens is 585 g/mol. The normalized spacial score (nSPS) is 13.6. The summed E-state index contributed by atoms with van der Waals surface area (Å²) in [4.78, 5) is 35.7. The molecule has 0 radical (unpaired) electrons. The van der Waals surface area contributed by atoms with E-state index in [0.717, 1.165) is 17.8 Å². The Hall–Kier alpha value is -4.87. The molecule has 9 nitrogen and oxygen atoms in total. The number of aromatic nitrogens is 3. The van der Waals surface area contributed by atoms with Crippen molar-refractivity contribution in [2.24, 2.45) is 0 Å². The van der Waals surface area contributed by atoms with E-state index in [1.807, 2.05) is 32.9 Å². The second-order valence-corrected chi connectivity index (χ2v) is 10.6. The molecule has 3 heterocycles. The summed E-state index contributed by atoms with van der Waals surface area (Å²) in [6, 6.07) is 12.4. The summed E-state index contributed by atoms with van der Waals surface area (Å²) < 4.78 is 48.7. The van der Waals surface area contributed by atoms with Crippen LogP contribution >= 0.6 is 0 Å². The minimum absolute atomic E-state index is 0.0263. The fraction of sp³-hybridized carbons (Fsp3) is 0.333. The minimum atomic E-state index is -4.66. The third kappa shape index (κ3) is 7.11. The number of amides is 2. The van der Waals surface area contributed by atoms with E-state index in [4.69, 9.17) is 4.74 Å². The number of halogens is 3. The van der Waals surface area contributed by atoms with Crippen molar-refractivity contribution in [3.8, 4) is 22.6 Å². The lowest BCUT2D eigenvalue weighted by atomic mass is 10.1. The van der Waals surface area contributed by atoms with Gasteiger partial charge in [0.25, 0.3) is 11.8 Å². The zero-order valence-electron chi connectivity index (χ0n) is 25.4. The number of hydrogen-bond acceptors (Lipinski definition) is 6. The Morgan fingerprint density at radius 1 is 0.844 bits per heavy atom. The zero-order valence-corrected chi connectivity index (χ0v) is 25.4. The number of carbonyl (C=O) groups is 2. The minimum Gasteiger partial charge on any atom is -0.492 e. The van der Waals surface area contributed by atoms with E-state index in [9.17, 15) is 22.8 Å². The van der Waals surface area contributed by atoms with E-state index in [0.29, 0.717) is 68.3 Å². The molecule has 4 aromatic rings. The van der Waals surface area contributed by atoms with Gasteiger partial charge in [-0.2, -0.15) is 18.3 Å². The molecule has 5 rings (SSSR count). The lowest BCUT2D eigenvalue weighted by molar-refractivity contribution is -0.137. The standard InChI is InChI=1S/C33H35F3N6O3/c1-4-39(5-2)31(43)23-7-9-28(10-8-23)40-11-13-41(14-12-40)32(44)24-15-27(33(34,35)36)18-29(16-24)42-22-26(20-38-42)25-17-30(45-6-3)21-37-19-25/h7-10,15-22H,4-6,11-14H2,1-3H3. The highest BCUT2D eigenvalue weighted by molar-refractivity contribution is 5.95. The number of ether oxygens (including phenoxy) is 1. The van der Waals surface area contributed by atoms with Crippen LogP contribution in [0.2, 0.25) is 0 Å². The quantitative estimate of drug-likeness (QED) is 0.235. The van der Waals surface area contributed by atoms with Crippen molar-refractivity contribution < 1.29 is 27.5 Å². The van der Waals surface area contributed by atoms with Crippen molar-refractivity contribution in [2.75, 3.05) is 50.8 Å². The summed E-state index contributed by atoms with van der Waals surface area (Å²) in [6.45, 7) is 9.12. The first-order valence-corrected chi connectivity index (χ1v) is 14.9. The second kappa shape index (κ2) is 13.4. The van der Waals surface area contributed by atoms with Crippen LogP contribution in [-0.2, 0) is 6.18 Å². The van der Waals surface area contributed by atoms with Crippen molar-refractivity contribution in [3.05, 3.63) is 90.0 Å². The highest BCUT2D eigenvalue weighted by Crippen LogP contribution is 2.33. The van der Waals surface area contributed by atoms with Crippen LogP contribution in [0.4, 0.5) is 18.9 Å². The summed E-state index contributed by atoms with van der Waals surface area (Å²) in [5, 5.41) is 4.28. The van der Waals surface area contributed by atoms with Crippen LogP contribution in [0.25, 0.3) is 16.8 Å². The maximum Gasteiger partial charge on any atom is 0.416 e. The number of alkyl halides is 3. The average molecular weight is 621 g/mol. The Kier molecular flexibility index (Phi) is 9.40. The highest BCUT2D eigenvalue weighted by Gasteiger charge is 2.33. The smallest absolute Gasteiger partial charge is 0.416 e. The molecule has 236 valence electrons. The van der Waals surface area contributed by atoms with E-state index in [2.05, 4.69) is 15.0 Å². The Morgan fingerprint density at radius 2 is 1.56 bits per heavy atom. The first-order valence-electron chi connectivity index (χ1n) is 14.9. The van der Waals surface area contributed by atoms with Gasteiger partial charge < -0.3 is 19.4 Å². The molecule has 45 heavy (non-hydrogen) atoms. The Morgan fingerprint density at radius 3 is 2.20 bits per heavy atom. The van der Waals surface area contributed by atoms with Crippen LogP contribution < -0.4 is 9.64 Å². The predicted octanol–water partition coefficient (Wildman–Crippen LogP) is 5.80. The van der Waals surface area contributed by atoms with Gasteiger partial charge >= 0.3 is 6.18 Å². The Labute approximate surface area is 259 Å². The van der Waals surface area contributed by atoms with Crippen LogP contribution in [0.1, 0.15) is 47.1 Å². The van der Waals surface area contributed by atoms with Crippen LogP contribution in [0.5, 0.6) is 5.75 Å². The Balaban J connectivity index is 1.32. The van der Waals surface area contributed by atoms with E-state index < -0.39 is 17.6 Å². The van der Waals surface area contributed by atoms with Crippen molar-refractivity contribution >= 4 is 17.5 Å². The lowest BCUT2D eigenvalue weighted by Crippen LogP contribution is -2.48. The van der Waals surface area contributed by atoms with E-state index in [1.165, 1.54) is 16.9 Å². The van der Waals surface area contributed by atoms with Crippen molar-refractivity contribution in [1.29, 1.82) is 0 Å².